The van der Waals surface area contributed by atoms with Crippen molar-refractivity contribution in [3.05, 3.63) is 51.8 Å². The fraction of sp³-hybridized carbons (Fsp3) is 0.353. The molecule has 2 atom stereocenters. The van der Waals surface area contributed by atoms with Crippen molar-refractivity contribution >= 4 is 17.3 Å². The summed E-state index contributed by atoms with van der Waals surface area (Å²) in [6, 6.07) is 5.76. The average molecular weight is 303 g/mol. The molecule has 0 amide bonds. The minimum Gasteiger partial charge on any atom is -0.508 e. The van der Waals surface area contributed by atoms with Gasteiger partial charge >= 0.3 is 0 Å². The van der Waals surface area contributed by atoms with Gasteiger partial charge in [0.2, 0.25) is 0 Å². The van der Waals surface area contributed by atoms with E-state index in [1.807, 2.05) is 19.1 Å². The molecule has 3 rings (SSSR count). The minimum atomic E-state index is 0.0651. The van der Waals surface area contributed by atoms with Crippen LogP contribution < -0.4 is 5.32 Å². The molecule has 1 aromatic heterocycles. The lowest BCUT2D eigenvalue weighted by Crippen LogP contribution is -2.09. The lowest BCUT2D eigenvalue weighted by atomic mass is 9.97. The van der Waals surface area contributed by atoms with Crippen LogP contribution in [0.15, 0.2) is 24.4 Å². The van der Waals surface area contributed by atoms with E-state index in [1.54, 1.807) is 12.3 Å². The molecule has 0 saturated carbocycles. The molecule has 0 radical (unpaired) electrons. The quantitative estimate of drug-likeness (QED) is 0.789. The maximum atomic E-state index is 10.3. The highest BCUT2D eigenvalue weighted by Crippen LogP contribution is 2.47. The van der Waals surface area contributed by atoms with Crippen molar-refractivity contribution in [3.63, 3.8) is 0 Å². The lowest BCUT2D eigenvalue weighted by molar-refractivity contribution is 0.465. The summed E-state index contributed by atoms with van der Waals surface area (Å²) in [6.45, 7) is 6.30. The summed E-state index contributed by atoms with van der Waals surface area (Å²) in [4.78, 5) is 4.14. The summed E-state index contributed by atoms with van der Waals surface area (Å²) in [5.41, 5.74) is 5.40. The Labute approximate surface area is 130 Å². The number of aryl methyl sites for hydroxylation is 2. The predicted molar refractivity (Wildman–Crippen MR) is 86.2 cm³/mol. The van der Waals surface area contributed by atoms with Crippen molar-refractivity contribution in [2.45, 2.75) is 39.2 Å². The minimum absolute atomic E-state index is 0.0651. The molecule has 0 aliphatic heterocycles. The molecule has 110 valence electrons. The van der Waals surface area contributed by atoms with Crippen LogP contribution in [0.2, 0.25) is 5.15 Å². The molecule has 2 unspecified atom stereocenters. The zero-order chi connectivity index (χ0) is 15.1. The van der Waals surface area contributed by atoms with Crippen molar-refractivity contribution in [3.8, 4) is 5.75 Å². The van der Waals surface area contributed by atoms with Gasteiger partial charge in [-0.05, 0) is 55.0 Å². The summed E-state index contributed by atoms with van der Waals surface area (Å²) in [5, 5.41) is 14.2. The monoisotopic (exact) mass is 302 g/mol. The van der Waals surface area contributed by atoms with Gasteiger partial charge in [-0.1, -0.05) is 24.6 Å². The Morgan fingerprint density at radius 2 is 1.95 bits per heavy atom. The van der Waals surface area contributed by atoms with E-state index in [1.165, 1.54) is 11.1 Å². The highest BCUT2D eigenvalue weighted by molar-refractivity contribution is 6.32. The molecule has 3 nitrogen and oxygen atoms in total. The van der Waals surface area contributed by atoms with Crippen LogP contribution >= 0.6 is 11.6 Å². The molecule has 1 aliphatic carbocycles. The van der Waals surface area contributed by atoms with Gasteiger partial charge in [-0.15, -0.1) is 0 Å². The van der Waals surface area contributed by atoms with Crippen LogP contribution in [0, 0.1) is 13.8 Å². The van der Waals surface area contributed by atoms with Gasteiger partial charge in [0.1, 0.15) is 5.75 Å². The number of aromatic nitrogens is 1. The van der Waals surface area contributed by atoms with Crippen molar-refractivity contribution in [2.75, 3.05) is 5.32 Å². The maximum absolute atomic E-state index is 10.3. The Bertz CT molecular complexity index is 679. The average Bonchev–Trinajstić information content (AvgIpc) is 2.77. The first kappa shape index (κ1) is 14.2. The van der Waals surface area contributed by atoms with E-state index in [2.05, 4.69) is 24.1 Å². The highest BCUT2D eigenvalue weighted by Gasteiger charge is 2.32. The van der Waals surface area contributed by atoms with Crippen molar-refractivity contribution in [1.29, 1.82) is 0 Å². The number of hydrogen-bond acceptors (Lipinski definition) is 3. The second-order valence-electron chi connectivity index (χ2n) is 5.86. The number of aromatic hydroxyl groups is 1. The van der Waals surface area contributed by atoms with Crippen molar-refractivity contribution in [1.82, 2.24) is 4.98 Å². The third-order valence-electron chi connectivity index (χ3n) is 4.34. The number of pyridine rings is 1. The molecule has 1 aromatic carbocycles. The van der Waals surface area contributed by atoms with E-state index >= 15 is 0 Å². The first-order chi connectivity index (χ1) is 9.99. The van der Waals surface area contributed by atoms with Crippen LogP contribution in [-0.2, 0) is 0 Å². The Morgan fingerprint density at radius 3 is 2.67 bits per heavy atom. The standard InChI is InChI=1S/C17H19ClN2O/c1-9-4-5-13(21)15-12(8-11(3)14(9)15)20-16-10(2)6-7-19-17(16)18/h4-7,11-12,20-21H,8H2,1-3H3. The Balaban J connectivity index is 2.03. The number of halogens is 1. The number of anilines is 1. The number of rotatable bonds is 2. The van der Waals surface area contributed by atoms with Crippen molar-refractivity contribution in [2.24, 2.45) is 0 Å². The maximum Gasteiger partial charge on any atom is 0.152 e. The summed E-state index contributed by atoms with van der Waals surface area (Å²) >= 11 is 6.21. The smallest absolute Gasteiger partial charge is 0.152 e. The largest absolute Gasteiger partial charge is 0.508 e. The molecule has 0 fully saturated rings. The van der Waals surface area contributed by atoms with E-state index in [-0.39, 0.29) is 6.04 Å². The fourth-order valence-electron chi connectivity index (χ4n) is 3.35. The second-order valence-corrected chi connectivity index (χ2v) is 6.21. The summed E-state index contributed by atoms with van der Waals surface area (Å²) < 4.78 is 0. The normalized spacial score (nSPS) is 20.4. The van der Waals surface area contributed by atoms with Gasteiger partial charge in [-0.3, -0.25) is 0 Å². The van der Waals surface area contributed by atoms with E-state index in [9.17, 15) is 5.11 Å². The van der Waals surface area contributed by atoms with Crippen LogP contribution in [-0.4, -0.2) is 10.1 Å². The van der Waals surface area contributed by atoms with Gasteiger partial charge in [-0.25, -0.2) is 4.98 Å². The lowest BCUT2D eigenvalue weighted by Gasteiger charge is -2.19. The first-order valence-electron chi connectivity index (χ1n) is 7.19. The summed E-state index contributed by atoms with van der Waals surface area (Å²) in [7, 11) is 0. The van der Waals surface area contributed by atoms with E-state index < -0.39 is 0 Å². The number of fused-ring (bicyclic) bond motifs is 1. The Kier molecular flexibility index (Phi) is 3.54. The highest BCUT2D eigenvalue weighted by atomic mass is 35.5. The van der Waals surface area contributed by atoms with Crippen LogP contribution in [0.3, 0.4) is 0 Å². The number of nitrogens with zero attached hydrogens (tertiary/aromatic N) is 1. The number of nitrogens with one attached hydrogen (secondary N) is 1. The third-order valence-corrected chi connectivity index (χ3v) is 4.63. The fourth-order valence-corrected chi connectivity index (χ4v) is 3.61. The predicted octanol–water partition coefficient (Wildman–Crippen LogP) is 4.72. The van der Waals surface area contributed by atoms with Crippen molar-refractivity contribution < 1.29 is 5.11 Å². The molecule has 0 spiro atoms. The van der Waals surface area contributed by atoms with Crippen LogP contribution in [0.4, 0.5) is 5.69 Å². The molecule has 2 N–H and O–H groups in total. The topological polar surface area (TPSA) is 45.2 Å². The van der Waals surface area contributed by atoms with Gasteiger partial charge in [0.05, 0.1) is 11.7 Å². The summed E-state index contributed by atoms with van der Waals surface area (Å²) in [5.74, 6) is 0.774. The van der Waals surface area contributed by atoms with E-state index in [0.717, 1.165) is 23.2 Å². The van der Waals surface area contributed by atoms with Crippen LogP contribution in [0.5, 0.6) is 5.75 Å². The SMILES string of the molecule is Cc1ccnc(Cl)c1NC1CC(C)c2c(C)ccc(O)c21. The van der Waals surface area contributed by atoms with Gasteiger partial charge in [0, 0.05) is 11.8 Å². The number of phenols is 1. The van der Waals surface area contributed by atoms with E-state index in [0.29, 0.717) is 16.8 Å². The van der Waals surface area contributed by atoms with Gasteiger partial charge in [-0.2, -0.15) is 0 Å². The molecular weight excluding hydrogens is 284 g/mol. The van der Waals surface area contributed by atoms with Gasteiger partial charge in [0.25, 0.3) is 0 Å². The Morgan fingerprint density at radius 1 is 1.19 bits per heavy atom. The number of benzene rings is 1. The molecule has 0 bridgehead atoms. The molecule has 1 aliphatic rings. The Hall–Kier alpha value is -1.74. The number of phenolic OH excluding ortho intramolecular Hbond substituents is 1. The van der Waals surface area contributed by atoms with Crippen LogP contribution in [0.25, 0.3) is 0 Å². The molecular formula is C17H19ClN2O. The zero-order valence-electron chi connectivity index (χ0n) is 12.4. The second kappa shape index (κ2) is 5.23. The molecule has 0 saturated heterocycles. The van der Waals surface area contributed by atoms with Crippen LogP contribution in [0.1, 0.15) is 47.6 Å². The molecule has 4 heteroatoms. The first-order valence-corrected chi connectivity index (χ1v) is 7.56. The van der Waals surface area contributed by atoms with E-state index in [4.69, 9.17) is 11.6 Å². The van der Waals surface area contributed by atoms with Gasteiger partial charge < -0.3 is 10.4 Å². The summed E-state index contributed by atoms with van der Waals surface area (Å²) in [6.07, 6.45) is 2.65. The molecule has 1 heterocycles. The third kappa shape index (κ3) is 2.36. The number of hydrogen-bond donors (Lipinski definition) is 2. The molecule has 21 heavy (non-hydrogen) atoms. The zero-order valence-corrected chi connectivity index (χ0v) is 13.2. The van der Waals surface area contributed by atoms with Gasteiger partial charge in [0.15, 0.2) is 5.15 Å². The molecule has 2 aromatic rings.